The summed E-state index contributed by atoms with van der Waals surface area (Å²) >= 11 is 0. The normalized spacial score (nSPS) is 56.5. The summed E-state index contributed by atoms with van der Waals surface area (Å²) in [6.07, 6.45) is 15.4. The molecule has 0 aromatic heterocycles. The van der Waals surface area contributed by atoms with Crippen molar-refractivity contribution in [3.05, 3.63) is 11.6 Å². The Balaban J connectivity index is 1.71. The Morgan fingerprint density at radius 1 is 1.21 bits per heavy atom. The first kappa shape index (κ1) is 16.7. The summed E-state index contributed by atoms with van der Waals surface area (Å²) in [7, 11) is 0. The van der Waals surface area contributed by atoms with Gasteiger partial charge in [0.2, 0.25) is 0 Å². The number of fused-ring (bicyclic) bond motifs is 5. The van der Waals surface area contributed by atoms with Crippen LogP contribution in [0.25, 0.3) is 0 Å². The maximum atomic E-state index is 11.3. The van der Waals surface area contributed by atoms with Crippen molar-refractivity contribution in [2.45, 2.75) is 77.4 Å². The molecule has 24 heavy (non-hydrogen) atoms. The molecule has 0 saturated heterocycles. The summed E-state index contributed by atoms with van der Waals surface area (Å²) in [5.41, 5.74) is 0.669. The van der Waals surface area contributed by atoms with Gasteiger partial charge in [0.1, 0.15) is 5.60 Å². The van der Waals surface area contributed by atoms with E-state index in [0.717, 1.165) is 44.9 Å². The lowest BCUT2D eigenvalue weighted by molar-refractivity contribution is -0.104. The van der Waals surface area contributed by atoms with Gasteiger partial charge in [-0.15, -0.1) is 6.42 Å². The average Bonchev–Trinajstić information content (AvgIpc) is 2.76. The van der Waals surface area contributed by atoms with Crippen molar-refractivity contribution >= 4 is 0 Å². The van der Waals surface area contributed by atoms with Gasteiger partial charge in [0.15, 0.2) is 0 Å². The molecule has 4 rings (SSSR count). The number of aliphatic hydroxyl groups excluding tert-OH is 1. The molecule has 0 spiro atoms. The first-order valence-electron chi connectivity index (χ1n) is 9.84. The Bertz CT molecular complexity index is 616. The molecule has 132 valence electrons. The third-order valence-electron chi connectivity index (χ3n) is 8.88. The molecule has 0 heterocycles. The summed E-state index contributed by atoms with van der Waals surface area (Å²) in [6.45, 7) is 6.83. The topological polar surface area (TPSA) is 40.5 Å². The van der Waals surface area contributed by atoms with E-state index in [1.54, 1.807) is 0 Å². The van der Waals surface area contributed by atoms with E-state index in [1.807, 2.05) is 0 Å². The largest absolute Gasteiger partial charge is 0.393 e. The smallest absolute Gasteiger partial charge is 0.133 e. The fourth-order valence-corrected chi connectivity index (χ4v) is 7.29. The van der Waals surface area contributed by atoms with Crippen molar-refractivity contribution in [1.82, 2.24) is 0 Å². The third kappa shape index (κ3) is 1.86. The van der Waals surface area contributed by atoms with Gasteiger partial charge in [-0.1, -0.05) is 38.3 Å². The number of allylic oxidation sites excluding steroid dienone is 1. The van der Waals surface area contributed by atoms with Gasteiger partial charge < -0.3 is 10.2 Å². The van der Waals surface area contributed by atoms with Crippen LogP contribution in [0.15, 0.2) is 11.6 Å². The predicted octanol–water partition coefficient (Wildman–Crippen LogP) is 3.92. The van der Waals surface area contributed by atoms with Crippen LogP contribution >= 0.6 is 0 Å². The summed E-state index contributed by atoms with van der Waals surface area (Å²) in [4.78, 5) is 0. The Hall–Kier alpha value is -0.780. The zero-order valence-electron chi connectivity index (χ0n) is 15.4. The van der Waals surface area contributed by atoms with E-state index in [9.17, 15) is 10.2 Å². The lowest BCUT2D eigenvalue weighted by Crippen LogP contribution is -2.55. The van der Waals surface area contributed by atoms with Crippen molar-refractivity contribution in [2.75, 3.05) is 0 Å². The molecule has 2 nitrogen and oxygen atoms in total. The SMILES string of the molecule is C#C[C@]1(O)[C@@H](C)C[C@H]2[C@@H]3CC=C4C[C@@H](O)CC[C@]4(C)[C@H]3CC[C@@]21C. The van der Waals surface area contributed by atoms with E-state index >= 15 is 0 Å². The molecular weight excluding hydrogens is 296 g/mol. The fraction of sp³-hybridized carbons (Fsp3) is 0.818. The van der Waals surface area contributed by atoms with Crippen LogP contribution in [-0.4, -0.2) is 21.9 Å². The molecule has 0 radical (unpaired) electrons. The predicted molar refractivity (Wildman–Crippen MR) is 96.0 cm³/mol. The Morgan fingerprint density at radius 3 is 2.67 bits per heavy atom. The Morgan fingerprint density at radius 2 is 1.96 bits per heavy atom. The minimum Gasteiger partial charge on any atom is -0.393 e. The number of terminal acetylenes is 1. The molecule has 0 amide bonds. The van der Waals surface area contributed by atoms with Crippen LogP contribution in [0.3, 0.4) is 0 Å². The third-order valence-corrected chi connectivity index (χ3v) is 8.88. The van der Waals surface area contributed by atoms with Crippen LogP contribution in [0.1, 0.15) is 65.7 Å². The minimum absolute atomic E-state index is 0.141. The molecule has 2 N–H and O–H groups in total. The molecule has 4 aliphatic carbocycles. The first-order valence-corrected chi connectivity index (χ1v) is 9.84. The maximum Gasteiger partial charge on any atom is 0.133 e. The lowest BCUT2D eigenvalue weighted by atomic mass is 9.47. The molecule has 2 heteroatoms. The van der Waals surface area contributed by atoms with E-state index in [1.165, 1.54) is 5.57 Å². The monoisotopic (exact) mass is 328 g/mol. The van der Waals surface area contributed by atoms with Gasteiger partial charge in [-0.2, -0.15) is 0 Å². The highest BCUT2D eigenvalue weighted by molar-refractivity contribution is 5.29. The van der Waals surface area contributed by atoms with E-state index in [2.05, 4.69) is 32.8 Å². The van der Waals surface area contributed by atoms with Crippen LogP contribution in [0.5, 0.6) is 0 Å². The zero-order valence-corrected chi connectivity index (χ0v) is 15.4. The Kier molecular flexibility index (Phi) is 3.56. The van der Waals surface area contributed by atoms with Gasteiger partial charge in [0, 0.05) is 5.41 Å². The van der Waals surface area contributed by atoms with Gasteiger partial charge in [-0.05, 0) is 74.0 Å². The standard InChI is InChI=1S/C22H32O2/c1-5-22(24)14(2)12-19-17-7-6-15-13-16(23)8-10-20(15,3)18(17)9-11-21(19,22)4/h1,6,14,16-19,23-24H,7-13H2,2-4H3/t14-,16-,17+,18-,19-,20-,21-,22-/m0/s1. The summed E-state index contributed by atoms with van der Waals surface area (Å²) < 4.78 is 0. The highest BCUT2D eigenvalue weighted by atomic mass is 16.3. The van der Waals surface area contributed by atoms with E-state index < -0.39 is 5.60 Å². The van der Waals surface area contributed by atoms with E-state index in [0.29, 0.717) is 17.8 Å². The molecule has 0 aromatic carbocycles. The van der Waals surface area contributed by atoms with Gasteiger partial charge in [-0.25, -0.2) is 0 Å². The molecule has 0 bridgehead atoms. The highest BCUT2D eigenvalue weighted by Crippen LogP contribution is 2.68. The van der Waals surface area contributed by atoms with Crippen molar-refractivity contribution in [3.8, 4) is 12.3 Å². The van der Waals surface area contributed by atoms with Crippen molar-refractivity contribution in [1.29, 1.82) is 0 Å². The van der Waals surface area contributed by atoms with Crippen molar-refractivity contribution in [2.24, 2.45) is 34.5 Å². The number of hydrogen-bond acceptors (Lipinski definition) is 2. The second-order valence-electron chi connectivity index (χ2n) is 9.66. The van der Waals surface area contributed by atoms with E-state index in [4.69, 9.17) is 6.42 Å². The van der Waals surface area contributed by atoms with Crippen LogP contribution in [-0.2, 0) is 0 Å². The van der Waals surface area contributed by atoms with Crippen molar-refractivity contribution in [3.63, 3.8) is 0 Å². The van der Waals surface area contributed by atoms with Gasteiger partial charge >= 0.3 is 0 Å². The quantitative estimate of drug-likeness (QED) is 0.523. The molecule has 0 aliphatic heterocycles. The van der Waals surface area contributed by atoms with Crippen LogP contribution < -0.4 is 0 Å². The Labute approximate surface area is 146 Å². The molecule has 0 unspecified atom stereocenters. The summed E-state index contributed by atoms with van der Waals surface area (Å²) in [5.74, 6) is 4.84. The summed E-state index contributed by atoms with van der Waals surface area (Å²) in [6, 6.07) is 0. The highest BCUT2D eigenvalue weighted by Gasteiger charge is 2.65. The first-order chi connectivity index (χ1) is 11.3. The van der Waals surface area contributed by atoms with Crippen LogP contribution in [0, 0.1) is 46.8 Å². The van der Waals surface area contributed by atoms with Gasteiger partial charge in [0.05, 0.1) is 6.10 Å². The fourth-order valence-electron chi connectivity index (χ4n) is 7.29. The van der Waals surface area contributed by atoms with Gasteiger partial charge in [-0.3, -0.25) is 0 Å². The number of aliphatic hydroxyl groups is 2. The lowest BCUT2D eigenvalue weighted by Gasteiger charge is -2.58. The second kappa shape index (κ2) is 5.12. The van der Waals surface area contributed by atoms with Gasteiger partial charge in [0.25, 0.3) is 0 Å². The number of rotatable bonds is 0. The average molecular weight is 328 g/mol. The molecule has 4 aliphatic rings. The zero-order chi connectivity index (χ0) is 17.3. The molecule has 3 fully saturated rings. The van der Waals surface area contributed by atoms with Crippen LogP contribution in [0.4, 0.5) is 0 Å². The molecule has 3 saturated carbocycles. The van der Waals surface area contributed by atoms with Crippen LogP contribution in [0.2, 0.25) is 0 Å². The molecule has 0 aromatic rings. The molecule has 8 atom stereocenters. The maximum absolute atomic E-state index is 11.3. The van der Waals surface area contributed by atoms with Crippen molar-refractivity contribution < 1.29 is 10.2 Å². The number of hydrogen-bond donors (Lipinski definition) is 2. The van der Waals surface area contributed by atoms with E-state index in [-0.39, 0.29) is 22.9 Å². The second-order valence-corrected chi connectivity index (χ2v) is 9.66. The summed E-state index contributed by atoms with van der Waals surface area (Å²) in [5, 5.41) is 21.3. The molecular formula is C22H32O2. The minimum atomic E-state index is -0.948.